The first-order valence-electron chi connectivity index (χ1n) is 11.1. The average molecular weight is 360 g/mol. The fraction of sp³-hybridized carbons (Fsp3) is 0.708. The molecule has 0 unspecified atom stereocenters. The Bertz CT molecular complexity index is 461. The Balaban J connectivity index is 1.77. The predicted octanol–water partition coefficient (Wildman–Crippen LogP) is 7.80. The third kappa shape index (κ3) is 13.0. The summed E-state index contributed by atoms with van der Waals surface area (Å²) in [5, 5.41) is 0. The van der Waals surface area contributed by atoms with Crippen molar-refractivity contribution in [2.75, 3.05) is 0 Å². The monoisotopic (exact) mass is 359 g/mol. The Morgan fingerprint density at radius 3 is 1.81 bits per heavy atom. The van der Waals surface area contributed by atoms with Gasteiger partial charge < -0.3 is 4.98 Å². The van der Waals surface area contributed by atoms with E-state index in [2.05, 4.69) is 24.1 Å². The van der Waals surface area contributed by atoms with Crippen LogP contribution in [0, 0.1) is 0 Å². The van der Waals surface area contributed by atoms with Gasteiger partial charge in [0.1, 0.15) is 0 Å². The van der Waals surface area contributed by atoms with Gasteiger partial charge in [0.2, 0.25) is 0 Å². The number of aryl methyl sites for hydroxylation is 1. The summed E-state index contributed by atoms with van der Waals surface area (Å²) < 4.78 is 0. The fourth-order valence-electron chi connectivity index (χ4n) is 3.41. The summed E-state index contributed by atoms with van der Waals surface area (Å²) in [7, 11) is 0. The normalized spacial score (nSPS) is 11.4. The van der Waals surface area contributed by atoms with E-state index in [0.29, 0.717) is 5.69 Å². The summed E-state index contributed by atoms with van der Waals surface area (Å²) in [5.74, 6) is 0. The minimum atomic E-state index is 0.695. The lowest BCUT2D eigenvalue weighted by atomic mass is 10.1. The first kappa shape index (κ1) is 22.7. The molecule has 0 aliphatic carbocycles. The predicted molar refractivity (Wildman–Crippen MR) is 114 cm³/mol. The van der Waals surface area contributed by atoms with Crippen LogP contribution in [-0.4, -0.2) is 11.3 Å². The molecule has 148 valence electrons. The lowest BCUT2D eigenvalue weighted by Gasteiger charge is -2.01. The van der Waals surface area contributed by atoms with Crippen molar-refractivity contribution in [2.45, 2.75) is 110 Å². The van der Waals surface area contributed by atoms with Crippen molar-refractivity contribution >= 4 is 6.29 Å². The first-order valence-corrected chi connectivity index (χ1v) is 11.1. The van der Waals surface area contributed by atoms with Crippen LogP contribution in [0.25, 0.3) is 0 Å². The molecule has 0 atom stereocenters. The van der Waals surface area contributed by atoms with Crippen molar-refractivity contribution in [3.63, 3.8) is 0 Å². The summed E-state index contributed by atoms with van der Waals surface area (Å²) in [4.78, 5) is 13.8. The van der Waals surface area contributed by atoms with E-state index in [1.54, 1.807) is 0 Å². The summed E-state index contributed by atoms with van der Waals surface area (Å²) in [6, 6.07) is 3.90. The molecule has 0 radical (unpaired) electrons. The molecule has 0 aromatic carbocycles. The maximum atomic E-state index is 10.6. The maximum absolute atomic E-state index is 10.6. The number of hydrogen-bond donors (Lipinski definition) is 1. The average Bonchev–Trinajstić information content (AvgIpc) is 3.12. The van der Waals surface area contributed by atoms with Gasteiger partial charge in [-0.1, -0.05) is 83.3 Å². The lowest BCUT2D eigenvalue weighted by Crippen LogP contribution is -1.88. The smallest absolute Gasteiger partial charge is 0.166 e. The minimum Gasteiger partial charge on any atom is -0.356 e. The van der Waals surface area contributed by atoms with Gasteiger partial charge in [-0.3, -0.25) is 4.79 Å². The zero-order valence-corrected chi connectivity index (χ0v) is 17.1. The number of nitrogens with one attached hydrogen (secondary N) is 1. The molecule has 0 saturated heterocycles. The van der Waals surface area contributed by atoms with Crippen LogP contribution >= 0.6 is 0 Å². The summed E-state index contributed by atoms with van der Waals surface area (Å²) in [5.41, 5.74) is 1.89. The molecule has 2 nitrogen and oxygen atoms in total. The molecule has 0 aliphatic heterocycles. The van der Waals surface area contributed by atoms with Crippen LogP contribution in [0.3, 0.4) is 0 Å². The van der Waals surface area contributed by atoms with Crippen molar-refractivity contribution in [3.05, 3.63) is 35.7 Å². The third-order valence-electron chi connectivity index (χ3n) is 5.10. The molecular weight excluding hydrogens is 318 g/mol. The molecule has 1 N–H and O–H groups in total. The highest BCUT2D eigenvalue weighted by Gasteiger charge is 1.98. The van der Waals surface area contributed by atoms with Crippen LogP contribution in [-0.2, 0) is 6.42 Å². The molecule has 1 rings (SSSR count). The second kappa shape index (κ2) is 17.1. The van der Waals surface area contributed by atoms with Crippen molar-refractivity contribution < 1.29 is 4.79 Å². The number of aldehydes is 1. The maximum Gasteiger partial charge on any atom is 0.166 e. The molecule has 0 saturated carbocycles. The van der Waals surface area contributed by atoms with E-state index in [9.17, 15) is 4.79 Å². The van der Waals surface area contributed by atoms with Gasteiger partial charge in [-0.05, 0) is 50.7 Å². The van der Waals surface area contributed by atoms with Crippen molar-refractivity contribution in [1.29, 1.82) is 0 Å². The molecule has 1 heterocycles. The Morgan fingerprint density at radius 1 is 0.731 bits per heavy atom. The van der Waals surface area contributed by atoms with Crippen LogP contribution < -0.4 is 0 Å². The molecule has 0 bridgehead atoms. The van der Waals surface area contributed by atoms with Crippen molar-refractivity contribution in [3.8, 4) is 0 Å². The molecule has 1 aromatic rings. The van der Waals surface area contributed by atoms with Gasteiger partial charge in [-0.2, -0.15) is 0 Å². The first-order chi connectivity index (χ1) is 12.9. The third-order valence-corrected chi connectivity index (χ3v) is 5.10. The molecule has 0 fully saturated rings. The summed E-state index contributed by atoms with van der Waals surface area (Å²) >= 11 is 0. The number of rotatable bonds is 18. The second-order valence-corrected chi connectivity index (χ2v) is 7.60. The van der Waals surface area contributed by atoms with Gasteiger partial charge >= 0.3 is 0 Å². The van der Waals surface area contributed by atoms with E-state index >= 15 is 0 Å². The van der Waals surface area contributed by atoms with Gasteiger partial charge in [-0.25, -0.2) is 0 Å². The van der Waals surface area contributed by atoms with Crippen LogP contribution in [0.4, 0.5) is 0 Å². The molecule has 0 amide bonds. The standard InChI is InChI=1S/C24H41NO/c1-2-3-4-5-6-7-8-9-10-11-12-13-14-15-16-17-18-19-23-20-21-24(22-26)25-23/h9-10,20-22,25H,2-8,11-19H2,1H3/b10-9+. The molecular formula is C24H41NO. The van der Waals surface area contributed by atoms with Gasteiger partial charge in [-0.15, -0.1) is 0 Å². The summed E-state index contributed by atoms with van der Waals surface area (Å²) in [6.45, 7) is 2.28. The van der Waals surface area contributed by atoms with E-state index in [1.165, 1.54) is 102 Å². The van der Waals surface area contributed by atoms with Crippen LogP contribution in [0.1, 0.15) is 119 Å². The molecule has 0 spiro atoms. The Kier molecular flexibility index (Phi) is 15.0. The number of aromatic nitrogens is 1. The Labute approximate surface area is 161 Å². The Hall–Kier alpha value is -1.31. The van der Waals surface area contributed by atoms with E-state index < -0.39 is 0 Å². The highest BCUT2D eigenvalue weighted by atomic mass is 16.1. The van der Waals surface area contributed by atoms with Gasteiger partial charge in [0.15, 0.2) is 6.29 Å². The highest BCUT2D eigenvalue weighted by molar-refractivity contribution is 5.71. The van der Waals surface area contributed by atoms with E-state index in [1.807, 2.05) is 12.1 Å². The SMILES string of the molecule is CCCCCCCC/C=C/CCCCCCCCCc1ccc(C=O)[nH]1. The Morgan fingerprint density at radius 2 is 1.27 bits per heavy atom. The van der Waals surface area contributed by atoms with E-state index in [-0.39, 0.29) is 0 Å². The topological polar surface area (TPSA) is 32.9 Å². The number of H-pyrrole nitrogens is 1. The minimum absolute atomic E-state index is 0.695. The largest absolute Gasteiger partial charge is 0.356 e. The van der Waals surface area contributed by atoms with Crippen LogP contribution in [0.5, 0.6) is 0 Å². The van der Waals surface area contributed by atoms with E-state index in [4.69, 9.17) is 0 Å². The van der Waals surface area contributed by atoms with Gasteiger partial charge in [0, 0.05) is 5.69 Å². The van der Waals surface area contributed by atoms with E-state index in [0.717, 1.165) is 12.7 Å². The number of carbonyl (C=O) groups is 1. The fourth-order valence-corrected chi connectivity index (χ4v) is 3.41. The van der Waals surface area contributed by atoms with Crippen molar-refractivity contribution in [2.24, 2.45) is 0 Å². The zero-order valence-electron chi connectivity index (χ0n) is 17.1. The molecule has 26 heavy (non-hydrogen) atoms. The number of carbonyl (C=O) groups excluding carboxylic acids is 1. The van der Waals surface area contributed by atoms with Gasteiger partial charge in [0.05, 0.1) is 5.69 Å². The zero-order chi connectivity index (χ0) is 18.7. The molecule has 2 heteroatoms. The molecule has 0 aliphatic rings. The molecule has 1 aromatic heterocycles. The van der Waals surface area contributed by atoms with Crippen molar-refractivity contribution in [1.82, 2.24) is 4.98 Å². The number of aromatic amines is 1. The van der Waals surface area contributed by atoms with Gasteiger partial charge in [0.25, 0.3) is 0 Å². The lowest BCUT2D eigenvalue weighted by molar-refractivity contribution is 0.111. The number of hydrogen-bond acceptors (Lipinski definition) is 1. The number of allylic oxidation sites excluding steroid dienone is 2. The second-order valence-electron chi connectivity index (χ2n) is 7.60. The van der Waals surface area contributed by atoms with Crippen LogP contribution in [0.2, 0.25) is 0 Å². The number of unbranched alkanes of at least 4 members (excludes halogenated alkanes) is 13. The summed E-state index contributed by atoms with van der Waals surface area (Å²) in [6.07, 6.45) is 27.0. The van der Waals surface area contributed by atoms with Crippen LogP contribution in [0.15, 0.2) is 24.3 Å². The quantitative estimate of drug-likeness (QED) is 0.162. The highest BCUT2D eigenvalue weighted by Crippen LogP contribution is 2.12.